The number of nitrogens with two attached hydrogens (primary N) is 1. The number of hydrogen-bond acceptors (Lipinski definition) is 11. The first-order valence-electron chi connectivity index (χ1n) is 15.7. The van der Waals surface area contributed by atoms with E-state index in [1.54, 1.807) is 17.9 Å². The van der Waals surface area contributed by atoms with Crippen molar-refractivity contribution in [3.63, 3.8) is 0 Å². The number of carbonyl (C=O) groups is 2. The molecule has 274 valence electrons. The van der Waals surface area contributed by atoms with Crippen molar-refractivity contribution < 1.29 is 32.6 Å². The van der Waals surface area contributed by atoms with Crippen LogP contribution in [0.2, 0.25) is 5.02 Å². The van der Waals surface area contributed by atoms with Gasteiger partial charge in [0.1, 0.15) is 18.6 Å². The lowest BCUT2D eigenvalue weighted by molar-refractivity contribution is -0.137. The highest BCUT2D eigenvalue weighted by Crippen LogP contribution is 2.47. The van der Waals surface area contributed by atoms with Gasteiger partial charge in [-0.15, -0.1) is 10.2 Å². The molecule has 4 aromatic rings. The number of likely N-dealkylation sites (tertiary alicyclic amines) is 1. The molecular weight excluding hydrogens is 707 g/mol. The summed E-state index contributed by atoms with van der Waals surface area (Å²) >= 11 is 6.10. The van der Waals surface area contributed by atoms with Crippen molar-refractivity contribution in [3.05, 3.63) is 86.3 Å². The first-order valence-corrected chi connectivity index (χ1v) is 16.0. The molecule has 18 heteroatoms. The van der Waals surface area contributed by atoms with Gasteiger partial charge in [-0.3, -0.25) is 14.4 Å². The van der Waals surface area contributed by atoms with Crippen molar-refractivity contribution in [3.8, 4) is 11.6 Å². The number of anilines is 2. The number of carbonyl (C=O) groups excluding carboxylic acids is 2. The summed E-state index contributed by atoms with van der Waals surface area (Å²) in [6, 6.07) is 5.61. The van der Waals surface area contributed by atoms with Crippen molar-refractivity contribution >= 4 is 46.3 Å². The Morgan fingerprint density at radius 1 is 1.12 bits per heavy atom. The Labute approximate surface area is 300 Å². The summed E-state index contributed by atoms with van der Waals surface area (Å²) in [6.07, 6.45) is -0.354. The molecule has 2 amide bonds. The quantitative estimate of drug-likeness (QED) is 0.187. The zero-order chi connectivity index (χ0) is 36.7. The number of nitrogens with zero attached hydrogens (tertiary/aromatic N) is 7. The Hall–Kier alpha value is -5.58. The summed E-state index contributed by atoms with van der Waals surface area (Å²) in [4.78, 5) is 54.3. The maximum atomic E-state index is 14.1. The van der Waals surface area contributed by atoms with Gasteiger partial charge in [0.25, 0.3) is 5.91 Å². The fourth-order valence-electron chi connectivity index (χ4n) is 6.56. The molecule has 0 saturated carbocycles. The highest BCUT2D eigenvalue weighted by atomic mass is 35.5. The topological polar surface area (TPSA) is 190 Å². The standard InChI is InChI=1S/C33H31ClF3N9O5.CH4/c1-17-28(48)27(41-16-40-17)31(50)45-11-8-32(9-12-45)7-5-22-25(32)29(49)26(38)30(44-43-19-6-10-39-24(14-19)51-2)46(22)15-23(47)42-21-4-3-18(13-20(21)34)33(35,36)37;/h3-4,6,10,13-14,16,48H,5,7-9,11-12,15,38H2,1-2H3,(H,42,47);1H4. The Morgan fingerprint density at radius 3 is 2.52 bits per heavy atom. The molecule has 1 spiro atoms. The fourth-order valence-corrected chi connectivity index (χ4v) is 6.79. The largest absolute Gasteiger partial charge is 0.504 e. The zero-order valence-corrected chi connectivity index (χ0v) is 28.0. The van der Waals surface area contributed by atoms with E-state index < -0.39 is 40.9 Å². The normalized spacial score (nSPS) is 15.0. The molecule has 3 aromatic heterocycles. The molecule has 0 bridgehead atoms. The molecule has 6 rings (SSSR count). The summed E-state index contributed by atoms with van der Waals surface area (Å²) < 4.78 is 46.2. The van der Waals surface area contributed by atoms with Gasteiger partial charge in [0.15, 0.2) is 17.3 Å². The number of methoxy groups -OCH3 is 1. The van der Waals surface area contributed by atoms with Crippen molar-refractivity contribution in [2.45, 2.75) is 58.2 Å². The number of nitrogens with one attached hydrogen (secondary N) is 1. The molecule has 14 nitrogen and oxygen atoms in total. The number of nitrogen functional groups attached to an aromatic ring is 1. The number of alkyl halides is 3. The number of aromatic nitrogens is 4. The monoisotopic (exact) mass is 741 g/mol. The second-order valence-electron chi connectivity index (χ2n) is 12.2. The number of azo groups is 1. The van der Waals surface area contributed by atoms with E-state index in [1.807, 2.05) is 0 Å². The molecule has 52 heavy (non-hydrogen) atoms. The minimum atomic E-state index is -4.63. The summed E-state index contributed by atoms with van der Waals surface area (Å²) in [7, 11) is 1.43. The number of benzene rings is 1. The minimum Gasteiger partial charge on any atom is -0.504 e. The van der Waals surface area contributed by atoms with E-state index in [4.69, 9.17) is 22.1 Å². The summed E-state index contributed by atoms with van der Waals surface area (Å²) in [6.45, 7) is 1.62. The van der Waals surface area contributed by atoms with E-state index in [0.717, 1.165) is 12.1 Å². The maximum absolute atomic E-state index is 14.1. The van der Waals surface area contributed by atoms with Gasteiger partial charge in [-0.05, 0) is 56.9 Å². The number of piperidine rings is 1. The molecule has 1 fully saturated rings. The molecule has 2 aliphatic rings. The Morgan fingerprint density at radius 2 is 1.85 bits per heavy atom. The van der Waals surface area contributed by atoms with Crippen molar-refractivity contribution in [2.75, 3.05) is 31.2 Å². The minimum absolute atomic E-state index is 0. The van der Waals surface area contributed by atoms with Crippen LogP contribution in [0.25, 0.3) is 0 Å². The van der Waals surface area contributed by atoms with Crippen LogP contribution in [0, 0.1) is 6.92 Å². The molecule has 0 radical (unpaired) electrons. The van der Waals surface area contributed by atoms with Gasteiger partial charge in [-0.1, -0.05) is 19.0 Å². The molecule has 1 saturated heterocycles. The molecule has 0 atom stereocenters. The number of ether oxygens (including phenoxy) is 1. The van der Waals surface area contributed by atoms with E-state index in [-0.39, 0.29) is 65.7 Å². The van der Waals surface area contributed by atoms with Gasteiger partial charge in [0.2, 0.25) is 17.2 Å². The SMILES string of the molecule is C.COc1cc(N=Nc2c(N)c(=O)c3c(n2CC(=O)Nc2ccc(C(F)(F)F)cc2Cl)CCC32CCN(C(=O)c3ncnc(C)c3O)CC2)ccn1. The number of halogens is 4. The smallest absolute Gasteiger partial charge is 0.416 e. The van der Waals surface area contributed by atoms with Gasteiger partial charge < -0.3 is 30.4 Å². The molecule has 4 N–H and O–H groups in total. The van der Waals surface area contributed by atoms with E-state index in [0.29, 0.717) is 48.7 Å². The van der Waals surface area contributed by atoms with E-state index in [1.165, 1.54) is 30.3 Å². The van der Waals surface area contributed by atoms with Crippen molar-refractivity contribution in [1.82, 2.24) is 24.4 Å². The third kappa shape index (κ3) is 7.12. The van der Waals surface area contributed by atoms with Crippen LogP contribution in [0.1, 0.15) is 59.7 Å². The third-order valence-corrected chi connectivity index (χ3v) is 9.54. The second kappa shape index (κ2) is 14.6. The summed E-state index contributed by atoms with van der Waals surface area (Å²) in [5.41, 5.74) is 5.38. The van der Waals surface area contributed by atoms with Crippen LogP contribution in [0.5, 0.6) is 11.6 Å². The first-order chi connectivity index (χ1) is 24.2. The lowest BCUT2D eigenvalue weighted by Crippen LogP contribution is -2.46. The Bertz CT molecular complexity index is 2130. The lowest BCUT2D eigenvalue weighted by Gasteiger charge is -2.39. The summed E-state index contributed by atoms with van der Waals surface area (Å²) in [5.74, 6) is -1.28. The number of aromatic hydroxyl groups is 1. The van der Waals surface area contributed by atoms with Gasteiger partial charge in [-0.2, -0.15) is 13.2 Å². The number of aryl methyl sites for hydroxylation is 1. The van der Waals surface area contributed by atoms with Gasteiger partial charge in [-0.25, -0.2) is 15.0 Å². The van der Waals surface area contributed by atoms with E-state index in [2.05, 4.69) is 30.5 Å². The van der Waals surface area contributed by atoms with Crippen LogP contribution in [-0.2, 0) is 29.4 Å². The molecule has 4 heterocycles. The lowest BCUT2D eigenvalue weighted by atomic mass is 9.73. The second-order valence-corrected chi connectivity index (χ2v) is 12.6. The van der Waals surface area contributed by atoms with Crippen LogP contribution in [-0.4, -0.2) is 61.5 Å². The molecule has 1 aromatic carbocycles. The number of rotatable bonds is 7. The average Bonchev–Trinajstić information content (AvgIpc) is 3.47. The van der Waals surface area contributed by atoms with Gasteiger partial charge in [0, 0.05) is 42.0 Å². The van der Waals surface area contributed by atoms with Crippen LogP contribution in [0.15, 0.2) is 57.9 Å². The highest BCUT2D eigenvalue weighted by molar-refractivity contribution is 6.33. The molecule has 1 aliphatic carbocycles. The van der Waals surface area contributed by atoms with E-state index in [9.17, 15) is 32.7 Å². The maximum Gasteiger partial charge on any atom is 0.416 e. The van der Waals surface area contributed by atoms with Crippen LogP contribution >= 0.6 is 11.6 Å². The van der Waals surface area contributed by atoms with Crippen molar-refractivity contribution in [1.29, 1.82) is 0 Å². The van der Waals surface area contributed by atoms with Crippen LogP contribution in [0.3, 0.4) is 0 Å². The van der Waals surface area contributed by atoms with Gasteiger partial charge in [0.05, 0.1) is 34.8 Å². The highest BCUT2D eigenvalue weighted by Gasteiger charge is 2.46. The first kappa shape index (κ1) is 37.7. The molecule has 0 unspecified atom stereocenters. The van der Waals surface area contributed by atoms with Gasteiger partial charge >= 0.3 is 6.18 Å². The Kier molecular flexibility index (Phi) is 10.6. The zero-order valence-electron chi connectivity index (χ0n) is 27.3. The predicted octanol–water partition coefficient (Wildman–Crippen LogP) is 6.12. The summed E-state index contributed by atoms with van der Waals surface area (Å²) in [5, 5.41) is 21.1. The fraction of sp³-hybridized carbons (Fsp3) is 0.353. The van der Waals surface area contributed by atoms with Crippen LogP contribution in [0.4, 0.5) is 36.1 Å². The molecular formula is C34H35ClF3N9O5. The Balaban J connectivity index is 0.00000523. The van der Waals surface area contributed by atoms with E-state index >= 15 is 0 Å². The number of fused-ring (bicyclic) bond motifs is 2. The third-order valence-electron chi connectivity index (χ3n) is 9.23. The van der Waals surface area contributed by atoms with Crippen molar-refractivity contribution in [2.24, 2.45) is 10.2 Å². The number of pyridine rings is 2. The number of amides is 2. The predicted molar refractivity (Wildman–Crippen MR) is 185 cm³/mol. The molecule has 1 aliphatic heterocycles. The van der Waals surface area contributed by atoms with Crippen LogP contribution < -0.4 is 21.2 Å². The average molecular weight is 742 g/mol. The number of hydrogen-bond donors (Lipinski definition) is 3.